The highest BCUT2D eigenvalue weighted by Crippen LogP contribution is 2.38. The number of fused-ring (bicyclic) bond motifs is 1. The van der Waals surface area contributed by atoms with E-state index in [0.29, 0.717) is 61.7 Å². The van der Waals surface area contributed by atoms with E-state index < -0.39 is 17.2 Å². The SMILES string of the molecule is COc1c(F)cc(Cl)cc1CN1CCN(C2(C(=O)N(C)Cc3cc(Cl)cc(F)c3OC)Cc3ccccc3C2)CC1.Cl. The second kappa shape index (κ2) is 13.3. The topological polar surface area (TPSA) is 45.2 Å². The highest BCUT2D eigenvalue weighted by Gasteiger charge is 2.50. The number of benzene rings is 3. The fraction of sp³-hybridized carbons (Fsp3) is 0.387. The molecule has 0 unspecified atom stereocenters. The normalized spacial score (nSPS) is 16.5. The van der Waals surface area contributed by atoms with Crippen LogP contribution in [0.4, 0.5) is 8.78 Å². The molecule has 6 nitrogen and oxygen atoms in total. The number of likely N-dealkylation sites (N-methyl/N-ethyl adjacent to an activating group) is 1. The average Bonchev–Trinajstić information content (AvgIpc) is 3.33. The Hall–Kier alpha value is -2.62. The van der Waals surface area contributed by atoms with Gasteiger partial charge in [-0.25, -0.2) is 8.78 Å². The summed E-state index contributed by atoms with van der Waals surface area (Å²) in [5, 5.41) is 0.568. The van der Waals surface area contributed by atoms with E-state index >= 15 is 0 Å². The Morgan fingerprint density at radius 2 is 1.38 bits per heavy atom. The second-order valence-corrected chi connectivity index (χ2v) is 11.6. The number of methoxy groups -OCH3 is 2. The zero-order valence-electron chi connectivity index (χ0n) is 23.8. The summed E-state index contributed by atoms with van der Waals surface area (Å²) >= 11 is 12.3. The summed E-state index contributed by atoms with van der Waals surface area (Å²) in [6.45, 7) is 3.29. The molecular formula is C31H34Cl3F2N3O3. The van der Waals surface area contributed by atoms with E-state index in [0.717, 1.165) is 11.1 Å². The average molecular weight is 641 g/mol. The molecule has 42 heavy (non-hydrogen) atoms. The smallest absolute Gasteiger partial charge is 0.243 e. The number of ether oxygens (including phenoxy) is 2. The van der Waals surface area contributed by atoms with Gasteiger partial charge in [0.1, 0.15) is 5.54 Å². The van der Waals surface area contributed by atoms with E-state index in [1.54, 1.807) is 24.1 Å². The van der Waals surface area contributed by atoms with Gasteiger partial charge in [-0.1, -0.05) is 47.5 Å². The lowest BCUT2D eigenvalue weighted by Gasteiger charge is -2.46. The predicted molar refractivity (Wildman–Crippen MR) is 163 cm³/mol. The first-order valence-corrected chi connectivity index (χ1v) is 14.2. The van der Waals surface area contributed by atoms with E-state index in [4.69, 9.17) is 32.7 Å². The van der Waals surface area contributed by atoms with Crippen molar-refractivity contribution in [3.05, 3.63) is 92.5 Å². The highest BCUT2D eigenvalue weighted by molar-refractivity contribution is 6.31. The Kier molecular flexibility index (Phi) is 10.3. The van der Waals surface area contributed by atoms with Crippen molar-refractivity contribution in [1.82, 2.24) is 14.7 Å². The molecule has 0 spiro atoms. The molecule has 1 amide bonds. The quantitative estimate of drug-likeness (QED) is 0.301. The van der Waals surface area contributed by atoms with Crippen molar-refractivity contribution in [2.45, 2.75) is 31.5 Å². The summed E-state index contributed by atoms with van der Waals surface area (Å²) in [6.07, 6.45) is 1.17. The van der Waals surface area contributed by atoms with Crippen molar-refractivity contribution in [3.8, 4) is 11.5 Å². The van der Waals surface area contributed by atoms with Crippen LogP contribution in [-0.2, 0) is 30.7 Å². The molecule has 1 aliphatic heterocycles. The molecule has 1 saturated heterocycles. The van der Waals surface area contributed by atoms with Crippen molar-refractivity contribution in [2.24, 2.45) is 0 Å². The van der Waals surface area contributed by atoms with Crippen molar-refractivity contribution < 1.29 is 23.0 Å². The van der Waals surface area contributed by atoms with E-state index in [-0.39, 0.29) is 41.4 Å². The third kappa shape index (κ3) is 6.33. The van der Waals surface area contributed by atoms with Crippen LogP contribution in [0.15, 0.2) is 48.5 Å². The molecule has 0 aromatic heterocycles. The second-order valence-electron chi connectivity index (χ2n) is 10.7. The van der Waals surface area contributed by atoms with E-state index in [9.17, 15) is 13.6 Å². The Morgan fingerprint density at radius 3 is 1.90 bits per heavy atom. The summed E-state index contributed by atoms with van der Waals surface area (Å²) < 4.78 is 39.5. The van der Waals surface area contributed by atoms with Crippen LogP contribution >= 0.6 is 35.6 Å². The first kappa shape index (κ1) is 32.3. The molecule has 3 aromatic rings. The van der Waals surface area contributed by atoms with Crippen LogP contribution in [-0.4, -0.2) is 73.6 Å². The van der Waals surface area contributed by atoms with Crippen LogP contribution in [0.3, 0.4) is 0 Å². The lowest BCUT2D eigenvalue weighted by atomic mass is 9.90. The maximum Gasteiger partial charge on any atom is 0.243 e. The Labute approximate surface area is 261 Å². The summed E-state index contributed by atoms with van der Waals surface area (Å²) in [6, 6.07) is 14.0. The molecule has 0 radical (unpaired) electrons. The maximum atomic E-state index is 14.5. The Morgan fingerprint density at radius 1 is 0.881 bits per heavy atom. The van der Waals surface area contributed by atoms with Gasteiger partial charge in [0.05, 0.1) is 14.2 Å². The van der Waals surface area contributed by atoms with Crippen molar-refractivity contribution in [3.63, 3.8) is 0 Å². The van der Waals surface area contributed by atoms with Crippen molar-refractivity contribution in [2.75, 3.05) is 47.4 Å². The Bertz CT molecular complexity index is 1430. The lowest BCUT2D eigenvalue weighted by Crippen LogP contribution is -2.64. The number of hydrogen-bond acceptors (Lipinski definition) is 5. The molecule has 1 aliphatic carbocycles. The number of carbonyl (C=O) groups is 1. The predicted octanol–water partition coefficient (Wildman–Crippen LogP) is 6.02. The number of rotatable bonds is 8. The van der Waals surface area contributed by atoms with Crippen LogP contribution in [0, 0.1) is 11.6 Å². The van der Waals surface area contributed by atoms with Gasteiger partial charge in [-0.15, -0.1) is 12.4 Å². The fourth-order valence-corrected chi connectivity index (χ4v) is 6.74. The maximum absolute atomic E-state index is 14.5. The minimum Gasteiger partial charge on any atom is -0.493 e. The molecule has 0 saturated carbocycles. The molecule has 0 N–H and O–H groups in total. The summed E-state index contributed by atoms with van der Waals surface area (Å²) in [4.78, 5) is 20.5. The molecule has 1 heterocycles. The minimum absolute atomic E-state index is 0. The highest BCUT2D eigenvalue weighted by atomic mass is 35.5. The van der Waals surface area contributed by atoms with Gasteiger partial charge in [0, 0.05) is 80.3 Å². The van der Waals surface area contributed by atoms with Crippen LogP contribution in [0.2, 0.25) is 10.0 Å². The lowest BCUT2D eigenvalue weighted by molar-refractivity contribution is -0.145. The van der Waals surface area contributed by atoms with Crippen LogP contribution in [0.5, 0.6) is 11.5 Å². The number of halogens is 5. The standard InChI is InChI=1S/C31H33Cl2F2N3O3.ClH/c1-36(18-22-12-24(32)14-26(34)28(22)40-2)30(39)31(16-20-6-4-5-7-21(20)17-31)38-10-8-37(9-11-38)19-23-13-25(33)15-27(35)29(23)41-3;/h4-7,12-15H,8-11,16-19H2,1-3H3;1H. The van der Waals surface area contributed by atoms with Crippen LogP contribution < -0.4 is 9.47 Å². The number of nitrogens with zero attached hydrogens (tertiary/aromatic N) is 3. The monoisotopic (exact) mass is 639 g/mol. The summed E-state index contributed by atoms with van der Waals surface area (Å²) in [5.74, 6) is -0.806. The van der Waals surface area contributed by atoms with Gasteiger partial charge in [-0.2, -0.15) is 0 Å². The molecule has 0 bridgehead atoms. The van der Waals surface area contributed by atoms with Gasteiger partial charge in [0.25, 0.3) is 0 Å². The summed E-state index contributed by atoms with van der Waals surface area (Å²) in [7, 11) is 4.59. The molecule has 2 aliphatic rings. The number of hydrogen-bond donors (Lipinski definition) is 0. The molecule has 3 aromatic carbocycles. The Balaban J connectivity index is 0.00000405. The van der Waals surface area contributed by atoms with E-state index in [2.05, 4.69) is 21.9 Å². The van der Waals surface area contributed by atoms with E-state index in [1.807, 2.05) is 12.1 Å². The number of carbonyl (C=O) groups excluding carboxylic acids is 1. The van der Waals surface area contributed by atoms with Crippen LogP contribution in [0.1, 0.15) is 22.3 Å². The van der Waals surface area contributed by atoms with Crippen LogP contribution in [0.25, 0.3) is 0 Å². The number of piperazine rings is 1. The molecule has 0 atom stereocenters. The van der Waals surface area contributed by atoms with Gasteiger partial charge >= 0.3 is 0 Å². The molecule has 5 rings (SSSR count). The first-order chi connectivity index (χ1) is 19.6. The van der Waals surface area contributed by atoms with Gasteiger partial charge in [-0.05, 0) is 35.4 Å². The first-order valence-electron chi connectivity index (χ1n) is 13.5. The zero-order chi connectivity index (χ0) is 29.3. The van der Waals surface area contributed by atoms with Gasteiger partial charge in [-0.3, -0.25) is 14.6 Å². The number of amides is 1. The zero-order valence-corrected chi connectivity index (χ0v) is 26.1. The fourth-order valence-electron chi connectivity index (χ4n) is 6.28. The summed E-state index contributed by atoms with van der Waals surface area (Å²) in [5.41, 5.74) is 2.72. The minimum atomic E-state index is -0.783. The van der Waals surface area contributed by atoms with Gasteiger partial charge < -0.3 is 14.4 Å². The molecule has 226 valence electrons. The van der Waals surface area contributed by atoms with E-state index in [1.165, 1.54) is 26.4 Å². The molecule has 1 fully saturated rings. The largest absolute Gasteiger partial charge is 0.493 e. The molecule has 11 heteroatoms. The molecular weight excluding hydrogens is 607 g/mol. The van der Waals surface area contributed by atoms with Gasteiger partial charge in [0.15, 0.2) is 23.1 Å². The van der Waals surface area contributed by atoms with Gasteiger partial charge in [0.2, 0.25) is 5.91 Å². The third-order valence-corrected chi connectivity index (χ3v) is 8.62. The van der Waals surface area contributed by atoms with Crippen molar-refractivity contribution >= 4 is 41.5 Å². The van der Waals surface area contributed by atoms with Crippen molar-refractivity contribution in [1.29, 1.82) is 0 Å². The third-order valence-electron chi connectivity index (χ3n) is 8.19.